The van der Waals surface area contributed by atoms with E-state index in [0.29, 0.717) is 23.3 Å². The van der Waals surface area contributed by atoms with Crippen molar-refractivity contribution < 1.29 is 9.32 Å². The van der Waals surface area contributed by atoms with E-state index in [0.717, 1.165) is 43.7 Å². The van der Waals surface area contributed by atoms with Gasteiger partial charge in [-0.2, -0.15) is 4.98 Å². The van der Waals surface area contributed by atoms with Crippen molar-refractivity contribution in [3.05, 3.63) is 77.6 Å². The number of fused-ring (bicyclic) bond motifs is 3. The second kappa shape index (κ2) is 10.00. The molecular formula is C29H28ClN5O2. The molecule has 0 radical (unpaired) electrons. The number of para-hydroxylation sites is 1. The molecule has 0 spiro atoms. The summed E-state index contributed by atoms with van der Waals surface area (Å²) in [6.07, 6.45) is 1.57. The third-order valence-corrected chi connectivity index (χ3v) is 7.59. The largest absolute Gasteiger partial charge is 0.341 e. The number of benzene rings is 3. The van der Waals surface area contributed by atoms with Crippen LogP contribution in [0.4, 0.5) is 5.69 Å². The molecule has 1 amide bonds. The number of carbonyl (C=O) groups excluding carboxylic acids is 1. The number of anilines is 1. The highest BCUT2D eigenvalue weighted by Gasteiger charge is 2.26. The zero-order chi connectivity index (χ0) is 25.4. The number of hydrogen-bond acceptors (Lipinski definition) is 5. The second-order valence-electron chi connectivity index (χ2n) is 9.52. The van der Waals surface area contributed by atoms with Gasteiger partial charge in [-0.25, -0.2) is 0 Å². The third kappa shape index (κ3) is 4.61. The summed E-state index contributed by atoms with van der Waals surface area (Å²) in [5, 5.41) is 10.2. The topological polar surface area (TPSA) is 76.2 Å². The van der Waals surface area contributed by atoms with E-state index in [1.165, 1.54) is 21.8 Å². The summed E-state index contributed by atoms with van der Waals surface area (Å²) in [5.41, 5.74) is 4.01. The Balaban J connectivity index is 1.08. The maximum atomic E-state index is 13.1. The molecule has 0 unspecified atom stereocenters. The first-order chi connectivity index (χ1) is 18.1. The predicted octanol–water partition coefficient (Wildman–Crippen LogP) is 6.37. The fourth-order valence-corrected chi connectivity index (χ4v) is 5.55. The van der Waals surface area contributed by atoms with E-state index in [-0.39, 0.29) is 11.8 Å². The van der Waals surface area contributed by atoms with Crippen LogP contribution in [-0.2, 0) is 17.9 Å². The fourth-order valence-electron chi connectivity index (χ4n) is 5.33. The smallest absolute Gasteiger partial charge is 0.241 e. The number of halogens is 1. The van der Waals surface area contributed by atoms with Gasteiger partial charge in [-0.15, -0.1) is 0 Å². The molecule has 0 saturated carbocycles. The minimum atomic E-state index is -0.0229. The molecule has 1 N–H and O–H groups in total. The quantitative estimate of drug-likeness (QED) is 0.285. The number of nitrogens with zero attached hydrogens (tertiary/aromatic N) is 4. The molecule has 1 fully saturated rings. The molecule has 0 atom stereocenters. The molecule has 0 aliphatic carbocycles. The van der Waals surface area contributed by atoms with Crippen molar-refractivity contribution in [2.75, 3.05) is 18.4 Å². The van der Waals surface area contributed by atoms with Gasteiger partial charge in [-0.05, 0) is 69.3 Å². The molecule has 1 saturated heterocycles. The molecule has 3 heterocycles. The van der Waals surface area contributed by atoms with Crippen molar-refractivity contribution in [1.82, 2.24) is 19.6 Å². The van der Waals surface area contributed by atoms with E-state index >= 15 is 0 Å². The van der Waals surface area contributed by atoms with Crippen molar-refractivity contribution in [1.29, 1.82) is 0 Å². The number of aromatic nitrogens is 3. The Morgan fingerprint density at radius 1 is 1.03 bits per heavy atom. The number of amides is 1. The molecule has 2 aromatic heterocycles. The summed E-state index contributed by atoms with van der Waals surface area (Å²) < 4.78 is 7.78. The van der Waals surface area contributed by atoms with Crippen molar-refractivity contribution >= 4 is 45.0 Å². The lowest BCUT2D eigenvalue weighted by Gasteiger charge is -2.30. The summed E-state index contributed by atoms with van der Waals surface area (Å²) in [4.78, 5) is 19.9. The summed E-state index contributed by atoms with van der Waals surface area (Å²) in [6, 6.07) is 22.1. The predicted molar refractivity (Wildman–Crippen MR) is 146 cm³/mol. The van der Waals surface area contributed by atoms with Gasteiger partial charge in [0.15, 0.2) is 0 Å². The van der Waals surface area contributed by atoms with Crippen molar-refractivity contribution in [2.24, 2.45) is 5.92 Å². The molecule has 5 aromatic rings. The highest BCUT2D eigenvalue weighted by Crippen LogP contribution is 2.31. The van der Waals surface area contributed by atoms with Crippen LogP contribution in [0.1, 0.15) is 25.7 Å². The van der Waals surface area contributed by atoms with E-state index in [4.69, 9.17) is 16.1 Å². The molecular weight excluding hydrogens is 486 g/mol. The maximum absolute atomic E-state index is 13.1. The number of aryl methyl sites for hydroxylation is 1. The molecule has 37 heavy (non-hydrogen) atoms. The fraction of sp³-hybridized carbons (Fsp3) is 0.276. The van der Waals surface area contributed by atoms with Crippen LogP contribution in [0.25, 0.3) is 33.2 Å². The van der Waals surface area contributed by atoms with Crippen LogP contribution in [0.15, 0.2) is 71.3 Å². The molecule has 1 aliphatic rings. The number of likely N-dealkylation sites (tertiary alicyclic amines) is 1. The van der Waals surface area contributed by atoms with Crippen molar-refractivity contribution in [2.45, 2.75) is 32.9 Å². The SMILES string of the molecule is CCn1c2ccccc2c2cc(NC(=O)C3CCN(Cc4nc(-c5ccccc5Cl)no4)CC3)ccc21. The molecule has 6 rings (SSSR count). The average Bonchev–Trinajstić information content (AvgIpc) is 3.51. The molecule has 1 aliphatic heterocycles. The number of piperidine rings is 1. The first kappa shape index (κ1) is 23.7. The second-order valence-corrected chi connectivity index (χ2v) is 9.93. The van der Waals surface area contributed by atoms with Gasteiger partial charge in [0, 0.05) is 45.5 Å². The van der Waals surface area contributed by atoms with Crippen LogP contribution in [0.5, 0.6) is 0 Å². The summed E-state index contributed by atoms with van der Waals surface area (Å²) in [7, 11) is 0. The number of carbonyl (C=O) groups is 1. The zero-order valence-corrected chi connectivity index (χ0v) is 21.4. The van der Waals surface area contributed by atoms with E-state index in [1.54, 1.807) is 0 Å². The monoisotopic (exact) mass is 513 g/mol. The maximum Gasteiger partial charge on any atom is 0.241 e. The van der Waals surface area contributed by atoms with E-state index in [1.807, 2.05) is 30.3 Å². The number of rotatable bonds is 6. The van der Waals surface area contributed by atoms with Gasteiger partial charge in [-0.3, -0.25) is 9.69 Å². The highest BCUT2D eigenvalue weighted by molar-refractivity contribution is 6.33. The Labute approximate surface area is 220 Å². The minimum Gasteiger partial charge on any atom is -0.341 e. The van der Waals surface area contributed by atoms with Crippen molar-refractivity contribution in [3.63, 3.8) is 0 Å². The standard InChI is InChI=1S/C29H28ClN5O2/c1-2-35-25-10-6-4-7-21(25)23-17-20(11-12-26(23)35)31-29(36)19-13-15-34(16-14-19)18-27-32-28(33-37-27)22-8-3-5-9-24(22)30/h3-12,17,19H,2,13-16,18H2,1H3,(H,31,36). The Bertz CT molecular complexity index is 1580. The van der Waals surface area contributed by atoms with Gasteiger partial charge in [0.05, 0.1) is 11.6 Å². The van der Waals surface area contributed by atoms with Crippen LogP contribution < -0.4 is 5.32 Å². The first-order valence-electron chi connectivity index (χ1n) is 12.7. The van der Waals surface area contributed by atoms with Crippen LogP contribution in [0.3, 0.4) is 0 Å². The van der Waals surface area contributed by atoms with E-state index in [2.05, 4.69) is 68.2 Å². The van der Waals surface area contributed by atoms with Crippen LogP contribution in [0, 0.1) is 5.92 Å². The van der Waals surface area contributed by atoms with Gasteiger partial charge < -0.3 is 14.4 Å². The molecule has 0 bridgehead atoms. The lowest BCUT2D eigenvalue weighted by Crippen LogP contribution is -2.37. The van der Waals surface area contributed by atoms with E-state index in [9.17, 15) is 4.79 Å². The minimum absolute atomic E-state index is 0.0229. The number of nitrogens with one attached hydrogen (secondary N) is 1. The Morgan fingerprint density at radius 3 is 2.59 bits per heavy atom. The Morgan fingerprint density at radius 2 is 1.78 bits per heavy atom. The molecule has 188 valence electrons. The van der Waals surface area contributed by atoms with Gasteiger partial charge in [0.1, 0.15) is 0 Å². The summed E-state index contributed by atoms with van der Waals surface area (Å²) >= 11 is 6.25. The van der Waals surface area contributed by atoms with Gasteiger partial charge in [0.25, 0.3) is 0 Å². The van der Waals surface area contributed by atoms with Gasteiger partial charge in [0.2, 0.25) is 17.6 Å². The normalized spacial score (nSPS) is 15.0. The van der Waals surface area contributed by atoms with Crippen LogP contribution >= 0.6 is 11.6 Å². The molecule has 7 nitrogen and oxygen atoms in total. The zero-order valence-electron chi connectivity index (χ0n) is 20.7. The third-order valence-electron chi connectivity index (χ3n) is 7.26. The van der Waals surface area contributed by atoms with Crippen LogP contribution in [-0.4, -0.2) is 38.6 Å². The summed E-state index contributed by atoms with van der Waals surface area (Å²) in [6.45, 7) is 5.21. The average molecular weight is 514 g/mol. The van der Waals surface area contributed by atoms with Crippen molar-refractivity contribution in [3.8, 4) is 11.4 Å². The Kier molecular flexibility index (Phi) is 6.40. The Hall–Kier alpha value is -3.68. The number of hydrogen-bond donors (Lipinski definition) is 1. The summed E-state index contributed by atoms with van der Waals surface area (Å²) in [5.74, 6) is 1.11. The van der Waals surface area contributed by atoms with Crippen LogP contribution in [0.2, 0.25) is 5.02 Å². The van der Waals surface area contributed by atoms with Gasteiger partial charge >= 0.3 is 0 Å². The molecule has 8 heteroatoms. The lowest BCUT2D eigenvalue weighted by molar-refractivity contribution is -0.121. The molecule has 3 aromatic carbocycles. The lowest BCUT2D eigenvalue weighted by atomic mass is 9.95. The highest BCUT2D eigenvalue weighted by atomic mass is 35.5. The first-order valence-corrected chi connectivity index (χ1v) is 13.1. The van der Waals surface area contributed by atoms with Gasteiger partial charge in [-0.1, -0.05) is 47.1 Å². The van der Waals surface area contributed by atoms with E-state index < -0.39 is 0 Å².